The van der Waals surface area contributed by atoms with Gasteiger partial charge in [-0.2, -0.15) is 0 Å². The fraction of sp³-hybridized carbons (Fsp3) is 0.533. The molecule has 1 N–H and O–H groups in total. The minimum Gasteiger partial charge on any atom is -0.445 e. The summed E-state index contributed by atoms with van der Waals surface area (Å²) in [5.74, 6) is 0.568. The van der Waals surface area contributed by atoms with Gasteiger partial charge in [-0.25, -0.2) is 9.59 Å². The summed E-state index contributed by atoms with van der Waals surface area (Å²) >= 11 is 0. The van der Waals surface area contributed by atoms with Crippen molar-refractivity contribution in [2.75, 3.05) is 13.2 Å². The maximum atomic E-state index is 13.0. The Bertz CT molecular complexity index is 1000. The van der Waals surface area contributed by atoms with Crippen LogP contribution in [0.4, 0.5) is 9.59 Å². The SMILES string of the molecule is CC(C)(C)OC(=O)N[C@H]1CCN(C(=O)OCc2ccccc2)[C@H]1COC1CCC(c2ccccc2)CC1. The first-order valence-corrected chi connectivity index (χ1v) is 13.4. The quantitative estimate of drug-likeness (QED) is 0.494. The number of rotatable bonds is 7. The number of carbonyl (C=O) groups is 2. The van der Waals surface area contributed by atoms with E-state index in [9.17, 15) is 9.59 Å². The molecule has 2 fully saturated rings. The molecule has 0 radical (unpaired) electrons. The van der Waals surface area contributed by atoms with Crippen molar-refractivity contribution in [2.45, 2.75) is 89.2 Å². The highest BCUT2D eigenvalue weighted by molar-refractivity contribution is 5.70. The summed E-state index contributed by atoms with van der Waals surface area (Å²) in [6, 6.07) is 19.7. The minimum atomic E-state index is -0.597. The molecule has 2 atom stereocenters. The number of carbonyl (C=O) groups excluding carboxylic acids is 2. The summed E-state index contributed by atoms with van der Waals surface area (Å²) in [5, 5.41) is 2.97. The average Bonchev–Trinajstić information content (AvgIpc) is 3.28. The Morgan fingerprint density at radius 3 is 2.22 bits per heavy atom. The lowest BCUT2D eigenvalue weighted by Gasteiger charge is -2.33. The number of likely N-dealkylation sites (tertiary alicyclic amines) is 1. The van der Waals surface area contributed by atoms with Gasteiger partial charge in [0.2, 0.25) is 0 Å². The molecule has 0 aromatic heterocycles. The second-order valence-electron chi connectivity index (χ2n) is 11.1. The second-order valence-corrected chi connectivity index (χ2v) is 11.1. The molecule has 1 aliphatic carbocycles. The number of nitrogens with zero attached hydrogens (tertiary/aromatic N) is 1. The molecule has 1 saturated carbocycles. The monoisotopic (exact) mass is 508 g/mol. The Morgan fingerprint density at radius 2 is 1.57 bits per heavy atom. The minimum absolute atomic E-state index is 0.143. The zero-order valence-corrected chi connectivity index (χ0v) is 22.2. The zero-order valence-electron chi connectivity index (χ0n) is 22.2. The summed E-state index contributed by atoms with van der Waals surface area (Å²) in [7, 11) is 0. The van der Waals surface area contributed by atoms with E-state index in [0.29, 0.717) is 25.5 Å². The standard InChI is InChI=1S/C30H40N2O5/c1-30(2,3)37-28(33)31-26-18-19-32(29(34)36-20-22-10-6-4-7-11-22)27(26)21-35-25-16-14-24(15-17-25)23-12-8-5-9-13-23/h4-13,24-27H,14-21H2,1-3H3,(H,31,33)/t24?,25?,26-,27-/m0/s1. The Morgan fingerprint density at radius 1 is 0.919 bits per heavy atom. The number of nitrogens with one attached hydrogen (secondary N) is 1. The molecule has 0 bridgehead atoms. The molecular formula is C30H40N2O5. The van der Waals surface area contributed by atoms with Crippen molar-refractivity contribution in [1.82, 2.24) is 10.2 Å². The van der Waals surface area contributed by atoms with Crippen LogP contribution in [-0.2, 0) is 20.8 Å². The van der Waals surface area contributed by atoms with Gasteiger partial charge < -0.3 is 24.4 Å². The molecule has 1 aliphatic heterocycles. The Labute approximate surface area is 220 Å². The van der Waals surface area contributed by atoms with E-state index >= 15 is 0 Å². The molecule has 7 heteroatoms. The molecule has 2 aliphatic rings. The highest BCUT2D eigenvalue weighted by atomic mass is 16.6. The number of amides is 2. The number of hydrogen-bond acceptors (Lipinski definition) is 5. The number of ether oxygens (including phenoxy) is 3. The third kappa shape index (κ3) is 7.96. The molecule has 7 nitrogen and oxygen atoms in total. The first kappa shape index (κ1) is 27.0. The van der Waals surface area contributed by atoms with Gasteiger partial charge in [0.05, 0.1) is 24.8 Å². The van der Waals surface area contributed by atoms with Gasteiger partial charge in [-0.3, -0.25) is 0 Å². The summed E-state index contributed by atoms with van der Waals surface area (Å²) < 4.78 is 17.5. The lowest BCUT2D eigenvalue weighted by Crippen LogP contribution is -2.50. The molecule has 0 spiro atoms. The van der Waals surface area contributed by atoms with E-state index in [-0.39, 0.29) is 24.8 Å². The molecular weight excluding hydrogens is 468 g/mol. The van der Waals surface area contributed by atoms with E-state index in [1.54, 1.807) is 4.90 Å². The summed E-state index contributed by atoms with van der Waals surface area (Å²) in [6.07, 6.45) is 4.02. The van der Waals surface area contributed by atoms with Crippen molar-refractivity contribution >= 4 is 12.2 Å². The lowest BCUT2D eigenvalue weighted by atomic mass is 9.83. The number of benzene rings is 2. The van der Waals surface area contributed by atoms with Gasteiger partial charge in [0.1, 0.15) is 12.2 Å². The van der Waals surface area contributed by atoms with E-state index < -0.39 is 17.8 Å². The van der Waals surface area contributed by atoms with Crippen molar-refractivity contribution in [3.8, 4) is 0 Å². The Balaban J connectivity index is 1.35. The van der Waals surface area contributed by atoms with Crippen LogP contribution >= 0.6 is 0 Å². The number of hydrogen-bond donors (Lipinski definition) is 1. The van der Waals surface area contributed by atoms with Crippen LogP contribution in [-0.4, -0.2) is 54.0 Å². The van der Waals surface area contributed by atoms with Gasteiger partial charge in [0, 0.05) is 6.54 Å². The van der Waals surface area contributed by atoms with Gasteiger partial charge in [-0.05, 0) is 69.9 Å². The van der Waals surface area contributed by atoms with Crippen LogP contribution in [0.25, 0.3) is 0 Å². The predicted octanol–water partition coefficient (Wildman–Crippen LogP) is 6.03. The zero-order chi connectivity index (χ0) is 26.3. The normalized spacial score (nSPS) is 23.9. The highest BCUT2D eigenvalue weighted by Crippen LogP contribution is 2.34. The first-order chi connectivity index (χ1) is 17.8. The predicted molar refractivity (Wildman–Crippen MR) is 142 cm³/mol. The smallest absolute Gasteiger partial charge is 0.410 e. The molecule has 2 amide bonds. The van der Waals surface area contributed by atoms with Crippen molar-refractivity contribution < 1.29 is 23.8 Å². The Kier molecular flexibility index (Phi) is 9.09. The van der Waals surface area contributed by atoms with Gasteiger partial charge in [0.15, 0.2) is 0 Å². The number of alkyl carbamates (subject to hydrolysis) is 1. The molecule has 1 saturated heterocycles. The topological polar surface area (TPSA) is 77.1 Å². The summed E-state index contributed by atoms with van der Waals surface area (Å²) in [6.45, 7) is 6.55. The molecule has 4 rings (SSSR count). The molecule has 1 heterocycles. The third-order valence-corrected chi connectivity index (χ3v) is 7.14. The largest absolute Gasteiger partial charge is 0.445 e. The lowest BCUT2D eigenvalue weighted by molar-refractivity contribution is -0.00972. The second kappa shape index (κ2) is 12.5. The van der Waals surface area contributed by atoms with Crippen LogP contribution in [0.5, 0.6) is 0 Å². The maximum absolute atomic E-state index is 13.0. The van der Waals surface area contributed by atoms with Crippen molar-refractivity contribution in [2.24, 2.45) is 0 Å². The van der Waals surface area contributed by atoms with E-state index in [4.69, 9.17) is 14.2 Å². The van der Waals surface area contributed by atoms with E-state index in [2.05, 4.69) is 35.6 Å². The summed E-state index contributed by atoms with van der Waals surface area (Å²) in [5.41, 5.74) is 1.73. The van der Waals surface area contributed by atoms with E-state index in [1.807, 2.05) is 51.1 Å². The highest BCUT2D eigenvalue weighted by Gasteiger charge is 2.40. The summed E-state index contributed by atoms with van der Waals surface area (Å²) in [4.78, 5) is 27.3. The first-order valence-electron chi connectivity index (χ1n) is 13.4. The van der Waals surface area contributed by atoms with Crippen LogP contribution in [0.15, 0.2) is 60.7 Å². The van der Waals surface area contributed by atoms with E-state index in [1.165, 1.54) is 5.56 Å². The molecule has 2 aromatic rings. The molecule has 37 heavy (non-hydrogen) atoms. The van der Waals surface area contributed by atoms with Crippen LogP contribution in [0, 0.1) is 0 Å². The van der Waals surface area contributed by atoms with Gasteiger partial charge in [-0.15, -0.1) is 0 Å². The fourth-order valence-electron chi connectivity index (χ4n) is 5.24. The van der Waals surface area contributed by atoms with Gasteiger partial charge in [-0.1, -0.05) is 60.7 Å². The van der Waals surface area contributed by atoms with Crippen LogP contribution < -0.4 is 5.32 Å². The Hall–Kier alpha value is -3.06. The van der Waals surface area contributed by atoms with Gasteiger partial charge >= 0.3 is 12.2 Å². The molecule has 200 valence electrons. The third-order valence-electron chi connectivity index (χ3n) is 7.14. The fourth-order valence-corrected chi connectivity index (χ4v) is 5.24. The van der Waals surface area contributed by atoms with E-state index in [0.717, 1.165) is 31.2 Å². The van der Waals surface area contributed by atoms with Gasteiger partial charge in [0.25, 0.3) is 0 Å². The van der Waals surface area contributed by atoms with Crippen molar-refractivity contribution in [1.29, 1.82) is 0 Å². The maximum Gasteiger partial charge on any atom is 0.410 e. The van der Waals surface area contributed by atoms with Crippen molar-refractivity contribution in [3.05, 3.63) is 71.8 Å². The average molecular weight is 509 g/mol. The molecule has 0 unspecified atom stereocenters. The molecule has 2 aromatic carbocycles. The van der Waals surface area contributed by atoms with Crippen molar-refractivity contribution in [3.63, 3.8) is 0 Å². The van der Waals surface area contributed by atoms with Crippen LogP contribution in [0.1, 0.15) is 69.9 Å². The van der Waals surface area contributed by atoms with Crippen LogP contribution in [0.3, 0.4) is 0 Å². The van der Waals surface area contributed by atoms with Crippen LogP contribution in [0.2, 0.25) is 0 Å².